The Bertz CT molecular complexity index is 1730. The molecule has 38 heavy (non-hydrogen) atoms. The Morgan fingerprint density at radius 3 is 2.47 bits per heavy atom. The summed E-state index contributed by atoms with van der Waals surface area (Å²) in [5.74, 6) is 0.735. The van der Waals surface area contributed by atoms with Gasteiger partial charge in [0.15, 0.2) is 0 Å². The smallest absolute Gasteiger partial charge is 0.352 e. The van der Waals surface area contributed by atoms with Crippen LogP contribution in [0.25, 0.3) is 32.9 Å². The number of fused-ring (bicyclic) bond motifs is 2. The largest absolute Gasteiger partial charge is 0.493 e. The van der Waals surface area contributed by atoms with Crippen molar-refractivity contribution in [2.24, 2.45) is 0 Å². The lowest BCUT2D eigenvalue weighted by molar-refractivity contribution is 0.0690. The van der Waals surface area contributed by atoms with Crippen LogP contribution in [-0.2, 0) is 12.8 Å². The lowest BCUT2D eigenvalue weighted by Gasteiger charge is -2.09. The van der Waals surface area contributed by atoms with E-state index >= 15 is 0 Å². The number of carbonyl (C=O) groups is 1. The van der Waals surface area contributed by atoms with Crippen molar-refractivity contribution in [2.45, 2.75) is 19.3 Å². The maximum absolute atomic E-state index is 12.2. The fourth-order valence-electron chi connectivity index (χ4n) is 5.07. The van der Waals surface area contributed by atoms with Crippen LogP contribution in [-0.4, -0.2) is 32.6 Å². The van der Waals surface area contributed by atoms with Crippen molar-refractivity contribution in [1.29, 1.82) is 0 Å². The first-order chi connectivity index (χ1) is 18.7. The molecule has 6 heteroatoms. The number of para-hydroxylation sites is 1. The second kappa shape index (κ2) is 10.3. The number of H-pyrrole nitrogens is 2. The standard InChI is InChI=1S/C32H27N3O3/c36-32(37)31-25(16-8-18-38-28-17-6-12-22-11-4-5-13-23(22)28)24-14-7-15-26(30(24)35-31)27-20-33-29(34-27)19-21-9-2-1-3-10-21/h1-7,9-15,17,20,35H,8,16,18-19H2,(H,33,34)(H,36,37). The quantitative estimate of drug-likeness (QED) is 0.186. The SMILES string of the molecule is O=C(O)c1[nH]c2c(-c3cnc(Cc4ccccc4)[nH]3)cccc2c1CCCOc1cccc2ccccc12. The second-order valence-corrected chi connectivity index (χ2v) is 9.35. The third kappa shape index (κ3) is 4.64. The number of rotatable bonds is 9. The van der Waals surface area contributed by atoms with Gasteiger partial charge in [0, 0.05) is 22.8 Å². The van der Waals surface area contributed by atoms with Crippen LogP contribution in [0.2, 0.25) is 0 Å². The molecule has 0 radical (unpaired) electrons. The summed E-state index contributed by atoms with van der Waals surface area (Å²) >= 11 is 0. The van der Waals surface area contributed by atoms with Crippen LogP contribution >= 0.6 is 0 Å². The summed E-state index contributed by atoms with van der Waals surface area (Å²) in [6.45, 7) is 0.489. The predicted molar refractivity (Wildman–Crippen MR) is 150 cm³/mol. The van der Waals surface area contributed by atoms with Gasteiger partial charge in [-0.05, 0) is 35.4 Å². The highest BCUT2D eigenvalue weighted by Gasteiger charge is 2.20. The van der Waals surface area contributed by atoms with Crippen LogP contribution in [0, 0.1) is 0 Å². The number of aryl methyl sites for hydroxylation is 1. The number of ether oxygens (including phenoxy) is 1. The van der Waals surface area contributed by atoms with Crippen LogP contribution in [0.3, 0.4) is 0 Å². The number of hydrogen-bond acceptors (Lipinski definition) is 3. The van der Waals surface area contributed by atoms with E-state index in [0.29, 0.717) is 25.9 Å². The summed E-state index contributed by atoms with van der Waals surface area (Å²) in [6.07, 6.45) is 3.78. The summed E-state index contributed by atoms with van der Waals surface area (Å²) in [5.41, 5.74) is 4.74. The van der Waals surface area contributed by atoms with Crippen LogP contribution < -0.4 is 4.74 Å². The molecule has 3 N–H and O–H groups in total. The number of carboxylic acid groups (broad SMARTS) is 1. The zero-order chi connectivity index (χ0) is 25.9. The first-order valence-electron chi connectivity index (χ1n) is 12.7. The lowest BCUT2D eigenvalue weighted by Crippen LogP contribution is -2.04. The molecule has 6 nitrogen and oxygen atoms in total. The van der Waals surface area contributed by atoms with Gasteiger partial charge < -0.3 is 19.8 Å². The highest BCUT2D eigenvalue weighted by molar-refractivity contribution is 6.02. The Morgan fingerprint density at radius 1 is 0.842 bits per heavy atom. The van der Waals surface area contributed by atoms with E-state index in [-0.39, 0.29) is 5.69 Å². The van der Waals surface area contributed by atoms with Crippen molar-refractivity contribution < 1.29 is 14.6 Å². The molecule has 0 aliphatic carbocycles. The van der Waals surface area contributed by atoms with Gasteiger partial charge in [-0.2, -0.15) is 0 Å². The molecular weight excluding hydrogens is 474 g/mol. The average Bonchev–Trinajstić information content (AvgIpc) is 3.56. The molecule has 0 fully saturated rings. The van der Waals surface area contributed by atoms with Gasteiger partial charge >= 0.3 is 5.97 Å². The fraction of sp³-hybridized carbons (Fsp3) is 0.125. The van der Waals surface area contributed by atoms with Gasteiger partial charge in [-0.3, -0.25) is 0 Å². The maximum atomic E-state index is 12.2. The molecule has 0 atom stereocenters. The van der Waals surface area contributed by atoms with E-state index in [9.17, 15) is 9.90 Å². The molecule has 0 amide bonds. The Kier molecular flexibility index (Phi) is 6.36. The normalized spacial score (nSPS) is 11.3. The number of nitrogens with one attached hydrogen (secondary N) is 2. The van der Waals surface area contributed by atoms with E-state index < -0.39 is 5.97 Å². The number of imidazole rings is 1. The van der Waals surface area contributed by atoms with E-state index in [2.05, 4.69) is 45.3 Å². The van der Waals surface area contributed by atoms with Crippen LogP contribution in [0.5, 0.6) is 5.75 Å². The van der Waals surface area contributed by atoms with E-state index in [0.717, 1.165) is 50.1 Å². The minimum absolute atomic E-state index is 0.224. The zero-order valence-electron chi connectivity index (χ0n) is 20.8. The van der Waals surface area contributed by atoms with Gasteiger partial charge in [0.2, 0.25) is 0 Å². The molecular formula is C32H27N3O3. The highest BCUT2D eigenvalue weighted by Crippen LogP contribution is 2.32. The molecule has 6 rings (SSSR count). The fourth-order valence-corrected chi connectivity index (χ4v) is 5.07. The Hall–Kier alpha value is -4.84. The monoisotopic (exact) mass is 501 g/mol. The number of carboxylic acids is 1. The number of aromatic nitrogens is 3. The number of benzene rings is 4. The Balaban J connectivity index is 1.23. The molecule has 0 saturated carbocycles. The zero-order valence-corrected chi connectivity index (χ0v) is 20.8. The van der Waals surface area contributed by atoms with Crippen LogP contribution in [0.4, 0.5) is 0 Å². The number of hydrogen-bond donors (Lipinski definition) is 3. The molecule has 4 aromatic carbocycles. The first kappa shape index (κ1) is 23.6. The topological polar surface area (TPSA) is 91.0 Å². The molecule has 0 aliphatic heterocycles. The van der Waals surface area contributed by atoms with E-state index in [1.807, 2.05) is 66.9 Å². The van der Waals surface area contributed by atoms with Gasteiger partial charge in [0.25, 0.3) is 0 Å². The van der Waals surface area contributed by atoms with E-state index in [1.54, 1.807) is 0 Å². The van der Waals surface area contributed by atoms with E-state index in [4.69, 9.17) is 4.74 Å². The molecule has 0 aliphatic rings. The lowest BCUT2D eigenvalue weighted by atomic mass is 10.0. The number of nitrogens with zero attached hydrogens (tertiary/aromatic N) is 1. The van der Waals surface area contributed by atoms with Crippen molar-refractivity contribution in [3.8, 4) is 17.0 Å². The summed E-state index contributed by atoms with van der Waals surface area (Å²) in [4.78, 5) is 23.3. The van der Waals surface area contributed by atoms with Crippen molar-refractivity contribution >= 4 is 27.6 Å². The third-order valence-electron chi connectivity index (χ3n) is 6.87. The molecule has 0 unspecified atom stereocenters. The van der Waals surface area contributed by atoms with Crippen LogP contribution in [0.15, 0.2) is 97.2 Å². The highest BCUT2D eigenvalue weighted by atomic mass is 16.5. The molecule has 0 bridgehead atoms. The maximum Gasteiger partial charge on any atom is 0.352 e. The van der Waals surface area contributed by atoms with Crippen molar-refractivity contribution in [3.63, 3.8) is 0 Å². The molecule has 2 heterocycles. The van der Waals surface area contributed by atoms with Gasteiger partial charge in [0.1, 0.15) is 17.3 Å². The molecule has 0 saturated heterocycles. The number of aromatic carboxylic acids is 1. The minimum atomic E-state index is -0.966. The number of aromatic amines is 2. The summed E-state index contributed by atoms with van der Waals surface area (Å²) in [7, 11) is 0. The molecule has 6 aromatic rings. The summed E-state index contributed by atoms with van der Waals surface area (Å²) < 4.78 is 6.10. The predicted octanol–water partition coefficient (Wildman–Crippen LogP) is 7.01. The molecule has 2 aromatic heterocycles. The summed E-state index contributed by atoms with van der Waals surface area (Å²) in [6, 6.07) is 30.2. The second-order valence-electron chi connectivity index (χ2n) is 9.35. The van der Waals surface area contributed by atoms with Crippen molar-refractivity contribution in [2.75, 3.05) is 6.61 Å². The molecule has 188 valence electrons. The van der Waals surface area contributed by atoms with Gasteiger partial charge in [-0.25, -0.2) is 9.78 Å². The van der Waals surface area contributed by atoms with Gasteiger partial charge in [0.05, 0.1) is 24.0 Å². The van der Waals surface area contributed by atoms with Gasteiger partial charge in [-0.15, -0.1) is 0 Å². The Morgan fingerprint density at radius 2 is 1.61 bits per heavy atom. The summed E-state index contributed by atoms with van der Waals surface area (Å²) in [5, 5.41) is 13.1. The molecule has 0 spiro atoms. The Labute approximate surface area is 219 Å². The van der Waals surface area contributed by atoms with Crippen molar-refractivity contribution in [1.82, 2.24) is 15.0 Å². The third-order valence-corrected chi connectivity index (χ3v) is 6.87. The first-order valence-corrected chi connectivity index (χ1v) is 12.7. The van der Waals surface area contributed by atoms with E-state index in [1.165, 1.54) is 5.56 Å². The van der Waals surface area contributed by atoms with Gasteiger partial charge in [-0.1, -0.05) is 84.9 Å². The average molecular weight is 502 g/mol. The minimum Gasteiger partial charge on any atom is -0.493 e. The van der Waals surface area contributed by atoms with Crippen molar-refractivity contribution in [3.05, 3.63) is 120 Å². The van der Waals surface area contributed by atoms with Crippen LogP contribution in [0.1, 0.15) is 33.9 Å².